The van der Waals surface area contributed by atoms with Gasteiger partial charge in [-0.1, -0.05) is 42.5 Å². The fraction of sp³-hybridized carbons (Fsp3) is 0.382. The molecule has 4 amide bonds. The zero-order chi connectivity index (χ0) is 31.4. The lowest BCUT2D eigenvalue weighted by atomic mass is 10.0. The molecule has 11 heteroatoms. The van der Waals surface area contributed by atoms with E-state index >= 15 is 0 Å². The highest BCUT2D eigenvalue weighted by molar-refractivity contribution is 5.95. The Morgan fingerprint density at radius 1 is 0.956 bits per heavy atom. The van der Waals surface area contributed by atoms with Gasteiger partial charge in [-0.3, -0.25) is 9.59 Å². The number of hydrogen-bond acceptors (Lipinski definition) is 7. The quantitative estimate of drug-likeness (QED) is 0.346. The number of likely N-dealkylation sites (tertiary alicyclic amines) is 1. The molecule has 5 rings (SSSR count). The zero-order valence-electron chi connectivity index (χ0n) is 25.5. The van der Waals surface area contributed by atoms with Gasteiger partial charge in [0.25, 0.3) is 5.91 Å². The predicted octanol–water partition coefficient (Wildman–Crippen LogP) is 3.67. The molecule has 3 N–H and O–H groups in total. The summed E-state index contributed by atoms with van der Waals surface area (Å²) in [5, 5.41) is 8.65. The molecular formula is C34H40N4O7. The monoisotopic (exact) mass is 616 g/mol. The summed E-state index contributed by atoms with van der Waals surface area (Å²) in [6.45, 7) is 2.28. The molecule has 0 radical (unpaired) electrons. The van der Waals surface area contributed by atoms with Crippen molar-refractivity contribution in [1.82, 2.24) is 20.9 Å². The molecule has 2 aliphatic heterocycles. The minimum absolute atomic E-state index is 0.0590. The second kappa shape index (κ2) is 15.9. The Morgan fingerprint density at radius 3 is 2.64 bits per heavy atom. The molecule has 4 bridgehead atoms. The average Bonchev–Trinajstić information content (AvgIpc) is 3.05. The van der Waals surface area contributed by atoms with Crippen LogP contribution >= 0.6 is 0 Å². The molecule has 1 saturated heterocycles. The lowest BCUT2D eigenvalue weighted by Crippen LogP contribution is -2.58. The molecule has 2 heterocycles. The largest absolute Gasteiger partial charge is 0.491 e. The summed E-state index contributed by atoms with van der Waals surface area (Å²) < 4.78 is 23.4. The predicted molar refractivity (Wildman–Crippen MR) is 168 cm³/mol. The van der Waals surface area contributed by atoms with E-state index in [1.165, 1.54) is 0 Å². The van der Waals surface area contributed by atoms with Gasteiger partial charge in [0.2, 0.25) is 5.91 Å². The third-order valence-corrected chi connectivity index (χ3v) is 7.69. The number of rotatable bonds is 7. The maximum atomic E-state index is 13.1. The first kappa shape index (κ1) is 31.8. The van der Waals surface area contributed by atoms with Gasteiger partial charge in [0.15, 0.2) is 0 Å². The van der Waals surface area contributed by atoms with Crippen LogP contribution in [0.2, 0.25) is 0 Å². The van der Waals surface area contributed by atoms with E-state index in [4.69, 9.17) is 18.9 Å². The molecule has 0 spiro atoms. The second-order valence-electron chi connectivity index (χ2n) is 11.0. The summed E-state index contributed by atoms with van der Waals surface area (Å²) in [6, 6.07) is 21.8. The van der Waals surface area contributed by atoms with Crippen LogP contribution in [0.4, 0.5) is 4.79 Å². The average molecular weight is 617 g/mol. The number of amides is 4. The van der Waals surface area contributed by atoms with Crippen LogP contribution in [0.15, 0.2) is 72.8 Å². The molecule has 11 nitrogen and oxygen atoms in total. The van der Waals surface area contributed by atoms with Crippen LogP contribution in [0.3, 0.4) is 0 Å². The Labute approximate surface area is 263 Å². The van der Waals surface area contributed by atoms with Crippen molar-refractivity contribution < 1.29 is 33.3 Å². The van der Waals surface area contributed by atoms with E-state index in [9.17, 15) is 14.4 Å². The summed E-state index contributed by atoms with van der Waals surface area (Å²) in [5.74, 6) is 1.19. The molecule has 45 heavy (non-hydrogen) atoms. The van der Waals surface area contributed by atoms with Crippen LogP contribution in [0, 0.1) is 0 Å². The third-order valence-electron chi connectivity index (χ3n) is 7.69. The number of benzene rings is 3. The highest BCUT2D eigenvalue weighted by atomic mass is 16.5. The Kier molecular flexibility index (Phi) is 11.3. The molecule has 2 atom stereocenters. The Morgan fingerprint density at radius 2 is 1.80 bits per heavy atom. The molecule has 2 aliphatic rings. The smallest absolute Gasteiger partial charge is 0.315 e. The van der Waals surface area contributed by atoms with Crippen LogP contribution in [-0.4, -0.2) is 81.4 Å². The summed E-state index contributed by atoms with van der Waals surface area (Å²) >= 11 is 0. The number of methoxy groups -OCH3 is 1. The first-order valence-corrected chi connectivity index (χ1v) is 15.3. The molecule has 0 aliphatic carbocycles. The number of nitrogens with one attached hydrogen (secondary N) is 3. The summed E-state index contributed by atoms with van der Waals surface area (Å²) in [5.41, 5.74) is 2.33. The molecule has 238 valence electrons. The molecule has 0 unspecified atom stereocenters. The Balaban J connectivity index is 1.32. The van der Waals surface area contributed by atoms with Crippen molar-refractivity contribution in [2.75, 3.05) is 46.5 Å². The third kappa shape index (κ3) is 9.44. The van der Waals surface area contributed by atoms with Gasteiger partial charge in [-0.15, -0.1) is 0 Å². The lowest BCUT2D eigenvalue weighted by Gasteiger charge is -2.38. The van der Waals surface area contributed by atoms with Crippen LogP contribution in [0.1, 0.15) is 34.3 Å². The molecule has 1 fully saturated rings. The lowest BCUT2D eigenvalue weighted by molar-refractivity contribution is -0.136. The number of ether oxygens (including phenoxy) is 4. The van der Waals surface area contributed by atoms with Crippen molar-refractivity contribution in [3.63, 3.8) is 0 Å². The number of urea groups is 1. The van der Waals surface area contributed by atoms with E-state index in [1.54, 1.807) is 25.3 Å². The summed E-state index contributed by atoms with van der Waals surface area (Å²) in [7, 11) is 1.59. The number of hydrogen-bond donors (Lipinski definition) is 3. The molecule has 3 aromatic rings. The van der Waals surface area contributed by atoms with Crippen LogP contribution in [0.25, 0.3) is 0 Å². The molecule has 0 saturated carbocycles. The maximum absolute atomic E-state index is 13.1. The standard InChI is InChI=1S/C34H40N4O7/c1-42-16-17-43-28-19-26-20-29(21-28)45-27-9-5-8-25(18-27)23-44-31-22-38(32(39)11-10-24-6-3-2-4-7-24)15-12-30(31)37-34(41)36-14-13-35-33(26)40/h2-9,18-21,30-31H,10-17,22-23H2,1H3,(H,35,40)(H2,36,37,41)/t30-,31-/m0/s1. The van der Waals surface area contributed by atoms with Crippen molar-refractivity contribution in [3.8, 4) is 17.2 Å². The van der Waals surface area contributed by atoms with E-state index in [1.807, 2.05) is 59.5 Å². The Hall–Kier alpha value is -4.61. The number of carbonyl (C=O) groups is 3. The minimum atomic E-state index is -0.420. The maximum Gasteiger partial charge on any atom is 0.315 e. The van der Waals surface area contributed by atoms with E-state index in [0.29, 0.717) is 68.4 Å². The zero-order valence-corrected chi connectivity index (χ0v) is 25.5. The van der Waals surface area contributed by atoms with E-state index in [-0.39, 0.29) is 43.6 Å². The highest BCUT2D eigenvalue weighted by Crippen LogP contribution is 2.29. The van der Waals surface area contributed by atoms with E-state index in [0.717, 1.165) is 11.1 Å². The van der Waals surface area contributed by atoms with Crippen molar-refractivity contribution in [1.29, 1.82) is 0 Å². The fourth-order valence-electron chi connectivity index (χ4n) is 5.33. The van der Waals surface area contributed by atoms with Crippen molar-refractivity contribution in [3.05, 3.63) is 89.5 Å². The van der Waals surface area contributed by atoms with Gasteiger partial charge in [0.1, 0.15) is 23.9 Å². The van der Waals surface area contributed by atoms with Gasteiger partial charge in [-0.05, 0) is 48.2 Å². The van der Waals surface area contributed by atoms with E-state index < -0.39 is 6.10 Å². The van der Waals surface area contributed by atoms with Crippen molar-refractivity contribution in [2.45, 2.75) is 38.0 Å². The molecular weight excluding hydrogens is 576 g/mol. The normalized spacial score (nSPS) is 19.0. The number of piperidine rings is 1. The van der Waals surface area contributed by atoms with Gasteiger partial charge in [0.05, 0.1) is 25.4 Å². The second-order valence-corrected chi connectivity index (χ2v) is 11.0. The number of aryl methyl sites for hydroxylation is 1. The van der Waals surface area contributed by atoms with Crippen LogP contribution < -0.4 is 25.4 Å². The number of nitrogens with zero attached hydrogens (tertiary/aromatic N) is 1. The fourth-order valence-corrected chi connectivity index (χ4v) is 5.33. The SMILES string of the molecule is COCCOc1cc2cc(c1)C(=O)NCCNC(=O)N[C@H]1CCN(C(=O)CCc3ccccc3)C[C@@H]1OCc1cccc(c1)O2. The Bertz CT molecular complexity index is 1450. The van der Waals surface area contributed by atoms with Gasteiger partial charge in [0, 0.05) is 51.3 Å². The number of carbonyl (C=O) groups excluding carboxylic acids is 3. The highest BCUT2D eigenvalue weighted by Gasteiger charge is 2.33. The first-order valence-electron chi connectivity index (χ1n) is 15.3. The van der Waals surface area contributed by atoms with Crippen LogP contribution in [0.5, 0.6) is 17.2 Å². The summed E-state index contributed by atoms with van der Waals surface area (Å²) in [4.78, 5) is 40.8. The molecule has 3 aromatic carbocycles. The first-order chi connectivity index (χ1) is 22.0. The van der Waals surface area contributed by atoms with E-state index in [2.05, 4.69) is 16.0 Å². The van der Waals surface area contributed by atoms with Crippen molar-refractivity contribution in [2.24, 2.45) is 0 Å². The van der Waals surface area contributed by atoms with Gasteiger partial charge < -0.3 is 39.8 Å². The minimum Gasteiger partial charge on any atom is -0.491 e. The van der Waals surface area contributed by atoms with Crippen LogP contribution in [-0.2, 0) is 27.3 Å². The summed E-state index contributed by atoms with van der Waals surface area (Å²) in [6.07, 6.45) is 1.20. The molecule has 0 aromatic heterocycles. The van der Waals surface area contributed by atoms with Gasteiger partial charge >= 0.3 is 6.03 Å². The van der Waals surface area contributed by atoms with Crippen molar-refractivity contribution >= 4 is 17.8 Å². The number of fused-ring (bicyclic) bond motifs is 5. The topological polar surface area (TPSA) is 127 Å². The van der Waals surface area contributed by atoms with Gasteiger partial charge in [-0.25, -0.2) is 4.79 Å². The van der Waals surface area contributed by atoms with Gasteiger partial charge in [-0.2, -0.15) is 0 Å².